The number of hydrogen-bond donors (Lipinski definition) is 1. The Hall–Kier alpha value is -0.550. The third kappa shape index (κ3) is 1.94. The highest BCUT2D eigenvalue weighted by atomic mass is 14.6. The molecule has 0 aromatic rings. The van der Waals surface area contributed by atoms with Gasteiger partial charge < -0.3 is 5.73 Å². The second-order valence-corrected chi connectivity index (χ2v) is 2.22. The van der Waals surface area contributed by atoms with E-state index in [1.54, 1.807) is 0 Å². The van der Waals surface area contributed by atoms with Crippen molar-refractivity contribution in [2.24, 2.45) is 17.6 Å². The molecule has 2 heteroatoms. The first-order chi connectivity index (χ1) is 3.72. The Morgan fingerprint density at radius 2 is 2.12 bits per heavy atom. The Kier molecular flexibility index (Phi) is 3.21. The van der Waals surface area contributed by atoms with Crippen LogP contribution in [0.25, 0.3) is 0 Å². The number of nitrogens with zero attached hydrogens (tertiary/aromatic N) is 1. The van der Waals surface area contributed by atoms with Gasteiger partial charge in [0.25, 0.3) is 0 Å². The molecule has 0 saturated carbocycles. The van der Waals surface area contributed by atoms with Crippen molar-refractivity contribution >= 4 is 0 Å². The quantitative estimate of drug-likeness (QED) is 0.572. The van der Waals surface area contributed by atoms with Crippen LogP contribution in [0, 0.1) is 23.2 Å². The second kappa shape index (κ2) is 3.45. The maximum Gasteiger partial charge on any atom is 0.0671 e. The Balaban J connectivity index is 3.57. The summed E-state index contributed by atoms with van der Waals surface area (Å²) in [5.41, 5.74) is 5.26. The molecule has 0 saturated heterocycles. The summed E-state index contributed by atoms with van der Waals surface area (Å²) in [5.74, 6) is 0.431. The van der Waals surface area contributed by atoms with Crippen LogP contribution in [-0.4, -0.2) is 6.54 Å². The van der Waals surface area contributed by atoms with Gasteiger partial charge in [-0.3, -0.25) is 0 Å². The number of nitrogens with two attached hydrogens (primary N) is 1. The summed E-state index contributed by atoms with van der Waals surface area (Å²) in [5, 5.41) is 8.37. The van der Waals surface area contributed by atoms with Gasteiger partial charge in [0, 0.05) is 6.54 Å². The van der Waals surface area contributed by atoms with E-state index in [-0.39, 0.29) is 5.92 Å². The van der Waals surface area contributed by atoms with Gasteiger partial charge in [-0.05, 0) is 5.92 Å². The van der Waals surface area contributed by atoms with Gasteiger partial charge in [0.2, 0.25) is 0 Å². The average molecular weight is 112 g/mol. The van der Waals surface area contributed by atoms with Gasteiger partial charge in [0.15, 0.2) is 0 Å². The smallest absolute Gasteiger partial charge is 0.0671 e. The zero-order valence-electron chi connectivity index (χ0n) is 5.39. The molecule has 0 rings (SSSR count). The summed E-state index contributed by atoms with van der Waals surface area (Å²) in [4.78, 5) is 0. The first-order valence-electron chi connectivity index (χ1n) is 2.82. The zero-order chi connectivity index (χ0) is 6.57. The minimum absolute atomic E-state index is 0.0370. The first kappa shape index (κ1) is 7.45. The van der Waals surface area contributed by atoms with E-state index in [9.17, 15) is 0 Å². The van der Waals surface area contributed by atoms with E-state index in [1.165, 1.54) is 0 Å². The van der Waals surface area contributed by atoms with E-state index in [1.807, 2.05) is 13.8 Å². The molecule has 2 N–H and O–H groups in total. The monoisotopic (exact) mass is 112 g/mol. The molecule has 0 spiro atoms. The van der Waals surface area contributed by atoms with Crippen molar-refractivity contribution in [3.63, 3.8) is 0 Å². The molecule has 1 unspecified atom stereocenters. The summed E-state index contributed by atoms with van der Waals surface area (Å²) in [6.45, 7) is 4.48. The van der Waals surface area contributed by atoms with Crippen LogP contribution >= 0.6 is 0 Å². The zero-order valence-corrected chi connectivity index (χ0v) is 5.39. The van der Waals surface area contributed by atoms with Gasteiger partial charge in [-0.15, -0.1) is 0 Å². The van der Waals surface area contributed by atoms with Crippen LogP contribution in [0.5, 0.6) is 0 Å². The van der Waals surface area contributed by atoms with Crippen LogP contribution in [0.1, 0.15) is 13.8 Å². The van der Waals surface area contributed by atoms with Crippen LogP contribution < -0.4 is 5.73 Å². The molecule has 2 nitrogen and oxygen atoms in total. The van der Waals surface area contributed by atoms with Crippen molar-refractivity contribution < 1.29 is 0 Å². The molecule has 0 aliphatic carbocycles. The van der Waals surface area contributed by atoms with Crippen LogP contribution in [0.3, 0.4) is 0 Å². The van der Waals surface area contributed by atoms with Crippen molar-refractivity contribution in [1.29, 1.82) is 5.26 Å². The number of rotatable bonds is 2. The van der Waals surface area contributed by atoms with Gasteiger partial charge in [-0.1, -0.05) is 13.8 Å². The van der Waals surface area contributed by atoms with Gasteiger partial charge in [0.05, 0.1) is 12.0 Å². The van der Waals surface area contributed by atoms with Gasteiger partial charge in [0.1, 0.15) is 0 Å². The summed E-state index contributed by atoms with van der Waals surface area (Å²) >= 11 is 0. The Labute approximate surface area is 50.3 Å². The Morgan fingerprint density at radius 3 is 2.12 bits per heavy atom. The van der Waals surface area contributed by atoms with E-state index in [2.05, 4.69) is 6.07 Å². The minimum Gasteiger partial charge on any atom is -0.329 e. The molecule has 0 bridgehead atoms. The normalized spacial score (nSPS) is 13.4. The van der Waals surface area contributed by atoms with Crippen molar-refractivity contribution in [2.75, 3.05) is 6.54 Å². The first-order valence-corrected chi connectivity index (χ1v) is 2.82. The molecule has 0 aliphatic rings. The summed E-state index contributed by atoms with van der Waals surface area (Å²) in [6.07, 6.45) is 0. The Morgan fingerprint density at radius 1 is 1.62 bits per heavy atom. The average Bonchev–Trinajstić information content (AvgIpc) is 1.69. The minimum atomic E-state index is 0.0370. The third-order valence-corrected chi connectivity index (χ3v) is 1.22. The molecular weight excluding hydrogens is 100 g/mol. The SMILES string of the molecule is CC(C)C(C#N)CN. The molecule has 0 radical (unpaired) electrons. The third-order valence-electron chi connectivity index (χ3n) is 1.22. The van der Waals surface area contributed by atoms with E-state index in [0.29, 0.717) is 12.5 Å². The molecule has 0 amide bonds. The lowest BCUT2D eigenvalue weighted by molar-refractivity contribution is 0.485. The maximum absolute atomic E-state index is 8.37. The second-order valence-electron chi connectivity index (χ2n) is 2.22. The maximum atomic E-state index is 8.37. The van der Waals surface area contributed by atoms with Crippen molar-refractivity contribution in [1.82, 2.24) is 0 Å². The van der Waals surface area contributed by atoms with Gasteiger partial charge in [-0.2, -0.15) is 5.26 Å². The van der Waals surface area contributed by atoms with E-state index in [4.69, 9.17) is 11.0 Å². The van der Waals surface area contributed by atoms with E-state index >= 15 is 0 Å². The molecule has 1 atom stereocenters. The molecule has 46 valence electrons. The lowest BCUT2D eigenvalue weighted by Gasteiger charge is -2.07. The Bertz CT molecular complexity index is 91.2. The van der Waals surface area contributed by atoms with Gasteiger partial charge in [-0.25, -0.2) is 0 Å². The highest BCUT2D eigenvalue weighted by Gasteiger charge is 2.07. The molecule has 0 heterocycles. The lowest BCUT2D eigenvalue weighted by atomic mass is 9.98. The topological polar surface area (TPSA) is 49.8 Å². The van der Waals surface area contributed by atoms with Crippen LogP contribution in [0.15, 0.2) is 0 Å². The fraction of sp³-hybridized carbons (Fsp3) is 0.833. The molecule has 0 aromatic carbocycles. The largest absolute Gasteiger partial charge is 0.329 e. The van der Waals surface area contributed by atoms with E-state index < -0.39 is 0 Å². The van der Waals surface area contributed by atoms with Crippen LogP contribution in [-0.2, 0) is 0 Å². The highest BCUT2D eigenvalue weighted by molar-refractivity contribution is 4.85. The molecule has 8 heavy (non-hydrogen) atoms. The summed E-state index contributed by atoms with van der Waals surface area (Å²) in [6, 6.07) is 2.13. The van der Waals surface area contributed by atoms with Crippen molar-refractivity contribution in [3.05, 3.63) is 0 Å². The van der Waals surface area contributed by atoms with Crippen molar-refractivity contribution in [3.8, 4) is 6.07 Å². The highest BCUT2D eigenvalue weighted by Crippen LogP contribution is 2.05. The standard InChI is InChI=1S/C6H12N2/c1-5(2)6(3-7)4-8/h5-6H,3,7H2,1-2H3. The fourth-order valence-electron chi connectivity index (χ4n) is 0.474. The molecule has 0 aliphatic heterocycles. The molecule has 0 aromatic heterocycles. The fourth-order valence-corrected chi connectivity index (χ4v) is 0.474. The predicted molar refractivity (Wildman–Crippen MR) is 33.0 cm³/mol. The summed E-state index contributed by atoms with van der Waals surface area (Å²) in [7, 11) is 0. The molecule has 0 fully saturated rings. The lowest BCUT2D eigenvalue weighted by Crippen LogP contribution is -2.17. The number of nitriles is 1. The molecular formula is C6H12N2. The summed E-state index contributed by atoms with van der Waals surface area (Å²) < 4.78 is 0. The van der Waals surface area contributed by atoms with Gasteiger partial charge >= 0.3 is 0 Å². The predicted octanol–water partition coefficient (Wildman–Crippen LogP) is 0.741. The number of hydrogen-bond acceptors (Lipinski definition) is 2. The van der Waals surface area contributed by atoms with Crippen molar-refractivity contribution in [2.45, 2.75) is 13.8 Å². The van der Waals surface area contributed by atoms with Crippen LogP contribution in [0.4, 0.5) is 0 Å². The van der Waals surface area contributed by atoms with E-state index in [0.717, 1.165) is 0 Å². The van der Waals surface area contributed by atoms with Crippen LogP contribution in [0.2, 0.25) is 0 Å².